The number of hydrogen-bond acceptors (Lipinski definition) is 3. The molecule has 126 valence electrons. The average Bonchev–Trinajstić information content (AvgIpc) is 2.45. The molecule has 0 bridgehead atoms. The molecule has 1 aliphatic heterocycles. The molecule has 1 aromatic rings. The van der Waals surface area contributed by atoms with Crippen LogP contribution in [0.1, 0.15) is 50.9 Å². The van der Waals surface area contributed by atoms with Crippen molar-refractivity contribution in [2.24, 2.45) is 5.92 Å². The van der Waals surface area contributed by atoms with Crippen molar-refractivity contribution in [3.63, 3.8) is 0 Å². The van der Waals surface area contributed by atoms with Gasteiger partial charge in [-0.1, -0.05) is 6.92 Å². The molecular weight excluding hydrogens is 292 g/mol. The molecular formula is C18H26N2O3. The Bertz CT molecular complexity index is 561. The molecule has 1 saturated heterocycles. The zero-order chi connectivity index (χ0) is 17.0. The minimum Gasteiger partial charge on any atom is -0.444 e. The summed E-state index contributed by atoms with van der Waals surface area (Å²) < 4.78 is 5.20. The summed E-state index contributed by atoms with van der Waals surface area (Å²) in [6, 6.07) is 6.94. The van der Waals surface area contributed by atoms with Gasteiger partial charge < -0.3 is 9.64 Å². The smallest absolute Gasteiger partial charge is 0.412 e. The maximum absolute atomic E-state index is 12.5. The maximum atomic E-state index is 12.5. The first-order chi connectivity index (χ1) is 10.7. The van der Waals surface area contributed by atoms with Gasteiger partial charge in [-0.25, -0.2) is 4.79 Å². The van der Waals surface area contributed by atoms with Crippen molar-refractivity contribution in [3.05, 3.63) is 29.8 Å². The molecule has 2 amide bonds. The first-order valence-corrected chi connectivity index (χ1v) is 8.14. The molecule has 0 radical (unpaired) electrons. The fraction of sp³-hybridized carbons (Fsp3) is 0.556. The lowest BCUT2D eigenvalue weighted by Crippen LogP contribution is -2.39. The lowest BCUT2D eigenvalue weighted by molar-refractivity contribution is 0.0635. The molecule has 0 spiro atoms. The molecule has 0 saturated carbocycles. The lowest BCUT2D eigenvalue weighted by Gasteiger charge is -2.31. The third-order valence-corrected chi connectivity index (χ3v) is 3.72. The van der Waals surface area contributed by atoms with E-state index in [1.165, 1.54) is 6.42 Å². The van der Waals surface area contributed by atoms with E-state index in [9.17, 15) is 9.59 Å². The summed E-state index contributed by atoms with van der Waals surface area (Å²) in [7, 11) is 0. The Labute approximate surface area is 138 Å². The molecule has 1 atom stereocenters. The normalized spacial score (nSPS) is 18.4. The second-order valence-electron chi connectivity index (χ2n) is 7.20. The molecule has 1 aliphatic rings. The van der Waals surface area contributed by atoms with Crippen LogP contribution in [0.3, 0.4) is 0 Å². The van der Waals surface area contributed by atoms with E-state index >= 15 is 0 Å². The summed E-state index contributed by atoms with van der Waals surface area (Å²) in [6.45, 7) is 9.25. The number of carbonyl (C=O) groups is 2. The van der Waals surface area contributed by atoms with Gasteiger partial charge in [0.25, 0.3) is 5.91 Å². The van der Waals surface area contributed by atoms with Gasteiger partial charge in [0, 0.05) is 24.3 Å². The van der Waals surface area contributed by atoms with Crippen LogP contribution in [0.25, 0.3) is 0 Å². The average molecular weight is 318 g/mol. The van der Waals surface area contributed by atoms with E-state index < -0.39 is 11.7 Å². The van der Waals surface area contributed by atoms with Gasteiger partial charge in [-0.3, -0.25) is 10.1 Å². The number of nitrogens with zero attached hydrogens (tertiary/aromatic N) is 1. The van der Waals surface area contributed by atoms with Crippen LogP contribution in [0.5, 0.6) is 0 Å². The monoisotopic (exact) mass is 318 g/mol. The Balaban J connectivity index is 1.96. The third kappa shape index (κ3) is 5.27. The Morgan fingerprint density at radius 1 is 1.22 bits per heavy atom. The zero-order valence-corrected chi connectivity index (χ0v) is 14.4. The van der Waals surface area contributed by atoms with Crippen LogP contribution in [0, 0.1) is 5.92 Å². The number of hydrogen-bond donors (Lipinski definition) is 1. The molecule has 1 heterocycles. The van der Waals surface area contributed by atoms with E-state index in [2.05, 4.69) is 12.2 Å². The zero-order valence-electron chi connectivity index (χ0n) is 14.4. The van der Waals surface area contributed by atoms with Crippen molar-refractivity contribution in [1.29, 1.82) is 0 Å². The molecule has 1 unspecified atom stereocenters. The highest BCUT2D eigenvalue weighted by molar-refractivity contribution is 5.95. The van der Waals surface area contributed by atoms with Crippen LogP contribution in [0.15, 0.2) is 24.3 Å². The number of nitrogens with one attached hydrogen (secondary N) is 1. The van der Waals surface area contributed by atoms with E-state index in [-0.39, 0.29) is 5.91 Å². The fourth-order valence-corrected chi connectivity index (χ4v) is 2.67. The highest BCUT2D eigenvalue weighted by atomic mass is 16.6. The molecule has 2 rings (SSSR count). The predicted molar refractivity (Wildman–Crippen MR) is 90.6 cm³/mol. The van der Waals surface area contributed by atoms with Crippen LogP contribution in [0.4, 0.5) is 10.5 Å². The van der Waals surface area contributed by atoms with Crippen molar-refractivity contribution >= 4 is 17.7 Å². The predicted octanol–water partition coefficient (Wildman–Crippen LogP) is 3.91. The molecule has 5 heteroatoms. The Morgan fingerprint density at radius 3 is 2.43 bits per heavy atom. The first kappa shape index (κ1) is 17.3. The second kappa shape index (κ2) is 7.02. The number of piperidine rings is 1. The molecule has 1 fully saturated rings. The lowest BCUT2D eigenvalue weighted by atomic mass is 9.99. The quantitative estimate of drug-likeness (QED) is 0.899. The number of carbonyl (C=O) groups excluding carboxylic acids is 2. The minimum absolute atomic E-state index is 0.0559. The Hall–Kier alpha value is -2.04. The molecule has 23 heavy (non-hydrogen) atoms. The maximum Gasteiger partial charge on any atom is 0.412 e. The van der Waals surface area contributed by atoms with E-state index in [4.69, 9.17) is 4.74 Å². The number of benzene rings is 1. The third-order valence-electron chi connectivity index (χ3n) is 3.72. The number of anilines is 1. The van der Waals surface area contributed by atoms with Gasteiger partial charge in [-0.05, 0) is 63.8 Å². The summed E-state index contributed by atoms with van der Waals surface area (Å²) >= 11 is 0. The number of rotatable bonds is 2. The van der Waals surface area contributed by atoms with E-state index in [0.29, 0.717) is 17.2 Å². The van der Waals surface area contributed by atoms with Crippen molar-refractivity contribution in [2.45, 2.75) is 46.1 Å². The Kier molecular flexibility index (Phi) is 5.29. The first-order valence-electron chi connectivity index (χ1n) is 8.14. The summed E-state index contributed by atoms with van der Waals surface area (Å²) in [4.78, 5) is 26.1. The van der Waals surface area contributed by atoms with Crippen LogP contribution < -0.4 is 5.32 Å². The molecule has 0 aromatic heterocycles. The van der Waals surface area contributed by atoms with E-state index in [1.807, 2.05) is 25.7 Å². The van der Waals surface area contributed by atoms with Gasteiger partial charge in [-0.15, -0.1) is 0 Å². The van der Waals surface area contributed by atoms with Crippen molar-refractivity contribution in [3.8, 4) is 0 Å². The highest BCUT2D eigenvalue weighted by Gasteiger charge is 2.22. The molecule has 0 aliphatic carbocycles. The van der Waals surface area contributed by atoms with Gasteiger partial charge in [0.2, 0.25) is 0 Å². The van der Waals surface area contributed by atoms with Crippen molar-refractivity contribution in [1.82, 2.24) is 4.90 Å². The number of likely N-dealkylation sites (tertiary alicyclic amines) is 1. The summed E-state index contributed by atoms with van der Waals surface area (Å²) in [5.74, 6) is 0.612. The van der Waals surface area contributed by atoms with Gasteiger partial charge in [0.1, 0.15) is 5.60 Å². The summed E-state index contributed by atoms with van der Waals surface area (Å²) in [6.07, 6.45) is 1.75. The van der Waals surface area contributed by atoms with E-state index in [0.717, 1.165) is 19.5 Å². The van der Waals surface area contributed by atoms with Crippen LogP contribution in [-0.4, -0.2) is 35.6 Å². The number of ether oxygens (including phenoxy) is 1. The molecule has 5 nitrogen and oxygen atoms in total. The SMILES string of the molecule is CC1CCCN(C(=O)c2ccc(NC(=O)OC(C)(C)C)cc2)C1. The highest BCUT2D eigenvalue weighted by Crippen LogP contribution is 2.19. The molecule has 1 N–H and O–H groups in total. The second-order valence-corrected chi connectivity index (χ2v) is 7.20. The Morgan fingerprint density at radius 2 is 1.87 bits per heavy atom. The topological polar surface area (TPSA) is 58.6 Å². The van der Waals surface area contributed by atoms with Gasteiger partial charge in [-0.2, -0.15) is 0 Å². The van der Waals surface area contributed by atoms with Crippen LogP contribution in [-0.2, 0) is 4.74 Å². The van der Waals surface area contributed by atoms with Crippen LogP contribution in [0.2, 0.25) is 0 Å². The van der Waals surface area contributed by atoms with Gasteiger partial charge in [0.05, 0.1) is 0 Å². The molecule has 1 aromatic carbocycles. The number of amides is 2. The largest absolute Gasteiger partial charge is 0.444 e. The van der Waals surface area contributed by atoms with Gasteiger partial charge in [0.15, 0.2) is 0 Å². The fourth-order valence-electron chi connectivity index (χ4n) is 2.67. The summed E-state index contributed by atoms with van der Waals surface area (Å²) in [5.41, 5.74) is 0.724. The van der Waals surface area contributed by atoms with Crippen molar-refractivity contribution in [2.75, 3.05) is 18.4 Å². The standard InChI is InChI=1S/C18H26N2O3/c1-13-6-5-11-20(12-13)16(21)14-7-9-15(10-8-14)19-17(22)23-18(2,3)4/h7-10,13H,5-6,11-12H2,1-4H3,(H,19,22). The summed E-state index contributed by atoms with van der Waals surface area (Å²) in [5, 5.41) is 2.67. The van der Waals surface area contributed by atoms with Gasteiger partial charge >= 0.3 is 6.09 Å². The minimum atomic E-state index is -0.537. The van der Waals surface area contributed by atoms with Crippen molar-refractivity contribution < 1.29 is 14.3 Å². The van der Waals surface area contributed by atoms with Crippen LogP contribution >= 0.6 is 0 Å². The van der Waals surface area contributed by atoms with E-state index in [1.54, 1.807) is 24.3 Å².